The van der Waals surface area contributed by atoms with Crippen LogP contribution in [0.15, 0.2) is 28.0 Å². The van der Waals surface area contributed by atoms with Crippen molar-refractivity contribution in [2.24, 2.45) is 11.7 Å². The van der Waals surface area contributed by atoms with Crippen LogP contribution in [0.1, 0.15) is 95.1 Å². The number of hydrogen-bond acceptors (Lipinski definition) is 7. The predicted octanol–water partition coefficient (Wildman–Crippen LogP) is 5.83. The Bertz CT molecular complexity index is 1350. The number of carbonyl (C=O) groups is 2. The minimum atomic E-state index is -0.294. The van der Waals surface area contributed by atoms with Gasteiger partial charge in [0.1, 0.15) is 15.8 Å². The minimum Gasteiger partial charge on any atom is -0.369 e. The topological polar surface area (TPSA) is 101 Å². The SMILES string of the molecule is CCCCCCCCCCCCN1C(=O)C(=Cc2c(N3CCC(C(N)=O)CC3)nc3ccc(C)cn3c2=O)SC1=S. The van der Waals surface area contributed by atoms with Crippen LogP contribution in [0, 0.1) is 12.8 Å². The molecule has 0 aromatic carbocycles. The maximum absolute atomic E-state index is 13.8. The Balaban J connectivity index is 1.46. The number of aryl methyl sites for hydroxylation is 1. The number of thiocarbonyl (C=S) groups is 1. The number of amides is 2. The summed E-state index contributed by atoms with van der Waals surface area (Å²) >= 11 is 6.83. The second kappa shape index (κ2) is 15.0. The molecule has 0 atom stereocenters. The number of pyridine rings is 1. The summed E-state index contributed by atoms with van der Waals surface area (Å²) in [6, 6.07) is 3.75. The lowest BCUT2D eigenvalue weighted by Crippen LogP contribution is -2.40. The lowest BCUT2D eigenvalue weighted by atomic mass is 9.96. The van der Waals surface area contributed by atoms with Gasteiger partial charge in [-0.2, -0.15) is 0 Å². The minimum absolute atomic E-state index is 0.150. The number of thioether (sulfide) groups is 1. The number of carbonyl (C=O) groups excluding carboxylic acids is 2. The summed E-state index contributed by atoms with van der Waals surface area (Å²) < 4.78 is 2.07. The first kappa shape index (κ1) is 31.2. The number of aromatic nitrogens is 2. The molecule has 0 saturated carbocycles. The summed E-state index contributed by atoms with van der Waals surface area (Å²) in [7, 11) is 0. The van der Waals surface area contributed by atoms with Crippen molar-refractivity contribution in [3.63, 3.8) is 0 Å². The molecule has 10 heteroatoms. The van der Waals surface area contributed by atoms with Gasteiger partial charge in [0, 0.05) is 31.7 Å². The van der Waals surface area contributed by atoms with E-state index in [1.807, 2.05) is 24.0 Å². The van der Waals surface area contributed by atoms with E-state index in [-0.39, 0.29) is 23.3 Å². The number of primary amides is 1. The molecule has 0 spiro atoms. The maximum Gasteiger partial charge on any atom is 0.267 e. The highest BCUT2D eigenvalue weighted by Gasteiger charge is 2.33. The smallest absolute Gasteiger partial charge is 0.267 e. The Hall–Kier alpha value is -2.72. The molecular formula is C31H43N5O3S2. The molecule has 2 saturated heterocycles. The zero-order valence-corrected chi connectivity index (χ0v) is 26.0. The van der Waals surface area contributed by atoms with Crippen LogP contribution < -0.4 is 16.2 Å². The van der Waals surface area contributed by atoms with Gasteiger partial charge >= 0.3 is 0 Å². The molecule has 0 unspecified atom stereocenters. The molecule has 41 heavy (non-hydrogen) atoms. The number of piperidine rings is 1. The zero-order chi connectivity index (χ0) is 29.4. The molecular weight excluding hydrogens is 555 g/mol. The van der Waals surface area contributed by atoms with Crippen LogP contribution in [0.25, 0.3) is 11.7 Å². The van der Waals surface area contributed by atoms with Crippen molar-refractivity contribution < 1.29 is 9.59 Å². The number of nitrogens with zero attached hydrogens (tertiary/aromatic N) is 4. The molecule has 4 heterocycles. The highest BCUT2D eigenvalue weighted by Crippen LogP contribution is 2.34. The van der Waals surface area contributed by atoms with Crippen LogP contribution >= 0.6 is 24.0 Å². The van der Waals surface area contributed by atoms with Crippen LogP contribution in [0.5, 0.6) is 0 Å². The van der Waals surface area contributed by atoms with Crippen LogP contribution in [0.2, 0.25) is 0 Å². The molecule has 2 aliphatic heterocycles. The summed E-state index contributed by atoms with van der Waals surface area (Å²) in [5, 5.41) is 0. The number of unbranched alkanes of at least 4 members (excludes halogenated alkanes) is 9. The Morgan fingerprint density at radius 1 is 1.05 bits per heavy atom. The normalized spacial score (nSPS) is 17.4. The van der Waals surface area contributed by atoms with E-state index in [2.05, 4.69) is 6.92 Å². The van der Waals surface area contributed by atoms with Crippen LogP contribution in [-0.2, 0) is 9.59 Å². The van der Waals surface area contributed by atoms with Crippen LogP contribution in [0.3, 0.4) is 0 Å². The summed E-state index contributed by atoms with van der Waals surface area (Å²) in [5.74, 6) is -0.0938. The average molecular weight is 598 g/mol. The first-order valence-electron chi connectivity index (χ1n) is 15.1. The third kappa shape index (κ3) is 7.97. The van der Waals surface area contributed by atoms with E-state index in [1.165, 1.54) is 67.5 Å². The van der Waals surface area contributed by atoms with E-state index in [0.717, 1.165) is 18.4 Å². The molecule has 222 valence electrons. The third-order valence-electron chi connectivity index (χ3n) is 8.07. The molecule has 2 aliphatic rings. The maximum atomic E-state index is 13.8. The van der Waals surface area contributed by atoms with Gasteiger partial charge in [0.25, 0.3) is 11.5 Å². The number of anilines is 1. The fraction of sp³-hybridized carbons (Fsp3) is 0.581. The largest absolute Gasteiger partial charge is 0.369 e. The molecule has 0 radical (unpaired) electrons. The van der Waals surface area contributed by atoms with Gasteiger partial charge in [-0.1, -0.05) is 94.8 Å². The van der Waals surface area contributed by atoms with E-state index in [9.17, 15) is 14.4 Å². The molecule has 2 fully saturated rings. The van der Waals surface area contributed by atoms with Crippen LogP contribution in [0.4, 0.5) is 5.82 Å². The molecule has 2 aromatic heterocycles. The first-order valence-corrected chi connectivity index (χ1v) is 16.3. The van der Waals surface area contributed by atoms with Crippen LogP contribution in [-0.4, -0.2) is 50.1 Å². The van der Waals surface area contributed by atoms with Crippen molar-refractivity contribution in [1.82, 2.24) is 14.3 Å². The Labute approximate surface area is 252 Å². The number of fused-ring (bicyclic) bond motifs is 1. The first-order chi connectivity index (χ1) is 19.8. The molecule has 2 aromatic rings. The molecule has 2 N–H and O–H groups in total. The second-order valence-corrected chi connectivity index (χ2v) is 12.9. The zero-order valence-electron chi connectivity index (χ0n) is 24.4. The Morgan fingerprint density at radius 3 is 2.32 bits per heavy atom. The summed E-state index contributed by atoms with van der Waals surface area (Å²) in [6.07, 6.45) is 16.9. The molecule has 4 rings (SSSR count). The highest BCUT2D eigenvalue weighted by atomic mass is 32.2. The number of nitrogens with two attached hydrogens (primary N) is 1. The molecule has 0 aliphatic carbocycles. The van der Waals surface area contributed by atoms with Crippen molar-refractivity contribution in [2.45, 2.75) is 90.9 Å². The van der Waals surface area contributed by atoms with Gasteiger partial charge in [-0.3, -0.25) is 23.7 Å². The van der Waals surface area contributed by atoms with Gasteiger partial charge in [-0.05, 0) is 43.9 Å². The summed E-state index contributed by atoms with van der Waals surface area (Å²) in [4.78, 5) is 47.8. The van der Waals surface area contributed by atoms with Crippen molar-refractivity contribution >= 4 is 57.7 Å². The summed E-state index contributed by atoms with van der Waals surface area (Å²) in [6.45, 7) is 5.88. The number of rotatable bonds is 14. The fourth-order valence-electron chi connectivity index (χ4n) is 5.57. The molecule has 8 nitrogen and oxygen atoms in total. The van der Waals surface area contributed by atoms with E-state index in [1.54, 1.807) is 17.2 Å². The lowest BCUT2D eigenvalue weighted by Gasteiger charge is -2.32. The van der Waals surface area contributed by atoms with Crippen molar-refractivity contribution in [3.05, 3.63) is 44.7 Å². The quantitative estimate of drug-likeness (QED) is 0.166. The highest BCUT2D eigenvalue weighted by molar-refractivity contribution is 8.26. The molecule has 2 amide bonds. The second-order valence-electron chi connectivity index (χ2n) is 11.3. The van der Waals surface area contributed by atoms with Gasteiger partial charge in [0.2, 0.25) is 5.91 Å². The summed E-state index contributed by atoms with van der Waals surface area (Å²) in [5.41, 5.74) is 7.15. The Morgan fingerprint density at radius 2 is 1.68 bits per heavy atom. The van der Waals surface area contributed by atoms with Crippen molar-refractivity contribution in [3.8, 4) is 0 Å². The van der Waals surface area contributed by atoms with E-state index in [4.69, 9.17) is 22.9 Å². The Kier molecular flexibility index (Phi) is 11.4. The molecule has 0 bridgehead atoms. The van der Waals surface area contributed by atoms with Gasteiger partial charge in [-0.25, -0.2) is 4.98 Å². The van der Waals surface area contributed by atoms with Gasteiger partial charge in [0.15, 0.2) is 0 Å². The average Bonchev–Trinajstić information content (AvgIpc) is 3.23. The van der Waals surface area contributed by atoms with Crippen molar-refractivity contribution in [1.29, 1.82) is 0 Å². The third-order valence-corrected chi connectivity index (χ3v) is 9.44. The van der Waals surface area contributed by atoms with E-state index in [0.29, 0.717) is 58.7 Å². The lowest BCUT2D eigenvalue weighted by molar-refractivity contribution is -0.123. The van der Waals surface area contributed by atoms with Crippen molar-refractivity contribution in [2.75, 3.05) is 24.5 Å². The van der Waals surface area contributed by atoms with Gasteiger partial charge < -0.3 is 10.6 Å². The number of hydrogen-bond donors (Lipinski definition) is 1. The monoisotopic (exact) mass is 597 g/mol. The predicted molar refractivity (Wildman–Crippen MR) is 172 cm³/mol. The van der Waals surface area contributed by atoms with Gasteiger partial charge in [-0.15, -0.1) is 0 Å². The fourth-order valence-corrected chi connectivity index (χ4v) is 6.86. The van der Waals surface area contributed by atoms with Gasteiger partial charge in [0.05, 0.1) is 10.5 Å². The van der Waals surface area contributed by atoms with E-state index < -0.39 is 0 Å². The van der Waals surface area contributed by atoms with E-state index >= 15 is 0 Å². The standard InChI is InChI=1S/C31H43N5O3S2/c1-3-4-5-6-7-8-9-10-11-12-17-35-30(39)25(41-31(35)40)20-24-28(34-18-15-23(16-19-34)27(32)37)33-26-14-13-22(2)21-36(26)29(24)38/h13-14,20-21,23H,3-12,15-19H2,1-2H3,(H2,32,37).